The Labute approximate surface area is 150 Å². The van der Waals surface area contributed by atoms with E-state index in [-0.39, 0.29) is 0 Å². The number of nitrogens with two attached hydrogens (primary N) is 2. The van der Waals surface area contributed by atoms with Crippen LogP contribution in [0.2, 0.25) is 0 Å². The van der Waals surface area contributed by atoms with Gasteiger partial charge < -0.3 is 42.7 Å². The first-order valence-electron chi connectivity index (χ1n) is 8.04. The third-order valence-corrected chi connectivity index (χ3v) is 3.36. The molecule has 0 fully saturated rings. The molecule has 0 spiro atoms. The first kappa shape index (κ1) is 23.7. The molecule has 0 aromatic carbocycles. The van der Waals surface area contributed by atoms with Crippen molar-refractivity contribution in [3.63, 3.8) is 0 Å². The molecule has 0 bridgehead atoms. The van der Waals surface area contributed by atoms with Gasteiger partial charge in [0.2, 0.25) is 17.7 Å². The van der Waals surface area contributed by atoms with Gasteiger partial charge >= 0.3 is 5.97 Å². The normalized spacial score (nSPS) is 14.0. The lowest BCUT2D eigenvalue weighted by molar-refractivity contribution is -0.142. The second-order valence-corrected chi connectivity index (χ2v) is 5.49. The largest absolute Gasteiger partial charge is 0.480 e. The number of rotatable bonds is 13. The third kappa shape index (κ3) is 9.27. The molecule has 3 atom stereocenters. The van der Waals surface area contributed by atoms with Crippen LogP contribution in [0.1, 0.15) is 19.3 Å². The van der Waals surface area contributed by atoms with Crippen LogP contribution in [0, 0.1) is 0 Å². The summed E-state index contributed by atoms with van der Waals surface area (Å²) < 4.78 is 0. The van der Waals surface area contributed by atoms with Gasteiger partial charge in [-0.15, -0.1) is 0 Å². The number of carboxylic acid groups (broad SMARTS) is 1. The van der Waals surface area contributed by atoms with Gasteiger partial charge in [0.25, 0.3) is 0 Å². The summed E-state index contributed by atoms with van der Waals surface area (Å²) in [6.07, 6.45) is 1.70. The summed E-state index contributed by atoms with van der Waals surface area (Å²) in [4.78, 5) is 46.0. The number of carboxylic acids is 1. The lowest BCUT2D eigenvalue weighted by Gasteiger charge is -2.19. The molecule has 12 heteroatoms. The number of carbonyl (C=O) groups excluding carboxylic acids is 3. The van der Waals surface area contributed by atoms with Crippen molar-refractivity contribution >= 4 is 23.7 Å². The number of aliphatic hydroxyl groups is 2. The Hall–Kier alpha value is -2.28. The van der Waals surface area contributed by atoms with Crippen LogP contribution in [0.3, 0.4) is 0 Å². The summed E-state index contributed by atoms with van der Waals surface area (Å²) >= 11 is 0. The van der Waals surface area contributed by atoms with Gasteiger partial charge in [0.15, 0.2) is 0 Å². The maximum absolute atomic E-state index is 11.9. The van der Waals surface area contributed by atoms with Crippen LogP contribution in [0.25, 0.3) is 0 Å². The fraction of sp³-hybridized carbons (Fsp3) is 0.714. The lowest BCUT2D eigenvalue weighted by atomic mass is 10.1. The topological polar surface area (TPSA) is 217 Å². The SMILES string of the molecule is NCCCC[C@H](N)C(=O)N[C@@H](CO)C(=O)NCC(=O)N[C@@H](CO)C(=O)O. The second-order valence-electron chi connectivity index (χ2n) is 5.49. The standard InChI is InChI=1S/C14H27N5O7/c15-4-2-1-3-8(16)12(23)19-9(6-20)13(24)17-5-11(22)18-10(7-21)14(25)26/h8-10,20-21H,1-7,15-16H2,(H,17,24)(H,18,22)(H,19,23)(H,25,26)/t8-,9-,10-/m0/s1. The Morgan fingerprint density at radius 1 is 0.923 bits per heavy atom. The van der Waals surface area contributed by atoms with E-state index in [2.05, 4.69) is 10.6 Å². The maximum Gasteiger partial charge on any atom is 0.328 e. The van der Waals surface area contributed by atoms with Crippen LogP contribution in [0.5, 0.6) is 0 Å². The number of amides is 3. The predicted molar refractivity (Wildman–Crippen MR) is 89.6 cm³/mol. The number of hydrogen-bond acceptors (Lipinski definition) is 8. The first-order chi connectivity index (χ1) is 12.3. The molecular weight excluding hydrogens is 350 g/mol. The number of hydrogen-bond donors (Lipinski definition) is 8. The van der Waals surface area contributed by atoms with Crippen LogP contribution in [0.4, 0.5) is 0 Å². The van der Waals surface area contributed by atoms with Crippen LogP contribution in [-0.2, 0) is 19.2 Å². The monoisotopic (exact) mass is 377 g/mol. The molecule has 0 rings (SSSR count). The van der Waals surface area contributed by atoms with Gasteiger partial charge in [-0.2, -0.15) is 0 Å². The van der Waals surface area contributed by atoms with Crippen molar-refractivity contribution in [3.8, 4) is 0 Å². The predicted octanol–water partition coefficient (Wildman–Crippen LogP) is -4.40. The molecule has 26 heavy (non-hydrogen) atoms. The molecule has 0 radical (unpaired) electrons. The van der Waals surface area contributed by atoms with Gasteiger partial charge in [0.05, 0.1) is 25.8 Å². The van der Waals surface area contributed by atoms with Crippen LogP contribution < -0.4 is 27.4 Å². The van der Waals surface area contributed by atoms with Crippen molar-refractivity contribution in [2.45, 2.75) is 37.4 Å². The Balaban J connectivity index is 4.41. The molecule has 0 aromatic rings. The fourth-order valence-electron chi connectivity index (χ4n) is 1.83. The van der Waals surface area contributed by atoms with E-state index in [1.54, 1.807) is 0 Å². The molecule has 12 nitrogen and oxygen atoms in total. The Morgan fingerprint density at radius 2 is 1.54 bits per heavy atom. The zero-order chi connectivity index (χ0) is 20.1. The molecule has 3 amide bonds. The minimum atomic E-state index is -1.50. The molecular formula is C14H27N5O7. The van der Waals surface area contributed by atoms with E-state index in [4.69, 9.17) is 21.7 Å². The fourth-order valence-corrected chi connectivity index (χ4v) is 1.83. The van der Waals surface area contributed by atoms with Crippen molar-refractivity contribution < 1.29 is 34.5 Å². The minimum absolute atomic E-state index is 0.364. The van der Waals surface area contributed by atoms with Crippen LogP contribution in [-0.4, -0.2) is 83.4 Å². The smallest absolute Gasteiger partial charge is 0.328 e. The highest BCUT2D eigenvalue weighted by Gasteiger charge is 2.24. The first-order valence-corrected chi connectivity index (χ1v) is 8.04. The summed E-state index contributed by atoms with van der Waals surface area (Å²) in [6, 6.07) is -3.68. The zero-order valence-corrected chi connectivity index (χ0v) is 14.3. The van der Waals surface area contributed by atoms with Gasteiger partial charge in [-0.1, -0.05) is 6.42 Å². The minimum Gasteiger partial charge on any atom is -0.480 e. The highest BCUT2D eigenvalue weighted by atomic mass is 16.4. The highest BCUT2D eigenvalue weighted by Crippen LogP contribution is 1.98. The molecule has 0 aliphatic rings. The van der Waals surface area contributed by atoms with E-state index in [0.717, 1.165) is 0 Å². The highest BCUT2D eigenvalue weighted by molar-refractivity contribution is 5.92. The van der Waals surface area contributed by atoms with E-state index in [0.29, 0.717) is 25.8 Å². The van der Waals surface area contributed by atoms with E-state index >= 15 is 0 Å². The summed E-state index contributed by atoms with van der Waals surface area (Å²) in [5.41, 5.74) is 11.0. The molecule has 0 unspecified atom stereocenters. The van der Waals surface area contributed by atoms with Crippen LogP contribution >= 0.6 is 0 Å². The van der Waals surface area contributed by atoms with Crippen molar-refractivity contribution in [3.05, 3.63) is 0 Å². The quantitative estimate of drug-likeness (QED) is 0.145. The molecule has 0 saturated heterocycles. The average molecular weight is 377 g/mol. The van der Waals surface area contributed by atoms with E-state index < -0.39 is 61.6 Å². The summed E-state index contributed by atoms with van der Waals surface area (Å²) in [5.74, 6) is -3.77. The number of carbonyl (C=O) groups is 4. The van der Waals surface area contributed by atoms with Crippen LogP contribution in [0.15, 0.2) is 0 Å². The van der Waals surface area contributed by atoms with Gasteiger partial charge in [0.1, 0.15) is 12.1 Å². The number of aliphatic carboxylic acids is 1. The van der Waals surface area contributed by atoms with Gasteiger partial charge in [-0.05, 0) is 19.4 Å². The summed E-state index contributed by atoms with van der Waals surface area (Å²) in [5, 5.41) is 33.1. The third-order valence-electron chi connectivity index (χ3n) is 3.36. The zero-order valence-electron chi connectivity index (χ0n) is 14.3. The number of nitrogens with one attached hydrogen (secondary N) is 3. The number of unbranched alkanes of at least 4 members (excludes halogenated alkanes) is 1. The second kappa shape index (κ2) is 13.0. The van der Waals surface area contributed by atoms with Gasteiger partial charge in [-0.3, -0.25) is 14.4 Å². The Bertz CT molecular complexity index is 488. The summed E-state index contributed by atoms with van der Waals surface area (Å²) in [6.45, 7) is -1.66. The molecule has 0 aromatic heterocycles. The molecule has 0 aliphatic carbocycles. The lowest BCUT2D eigenvalue weighted by Crippen LogP contribution is -2.55. The summed E-state index contributed by atoms with van der Waals surface area (Å²) in [7, 11) is 0. The van der Waals surface area contributed by atoms with Crippen molar-refractivity contribution in [2.24, 2.45) is 11.5 Å². The molecule has 0 heterocycles. The number of aliphatic hydroxyl groups excluding tert-OH is 2. The molecule has 10 N–H and O–H groups in total. The van der Waals surface area contributed by atoms with Crippen molar-refractivity contribution in [1.29, 1.82) is 0 Å². The van der Waals surface area contributed by atoms with Gasteiger partial charge in [-0.25, -0.2) is 4.79 Å². The van der Waals surface area contributed by atoms with Crippen molar-refractivity contribution in [2.75, 3.05) is 26.3 Å². The maximum atomic E-state index is 11.9. The van der Waals surface area contributed by atoms with Gasteiger partial charge in [0, 0.05) is 0 Å². The van der Waals surface area contributed by atoms with Crippen molar-refractivity contribution in [1.82, 2.24) is 16.0 Å². The van der Waals surface area contributed by atoms with E-state index in [1.165, 1.54) is 0 Å². The Kier molecular flexibility index (Phi) is 11.9. The molecule has 150 valence electrons. The molecule has 0 aliphatic heterocycles. The Morgan fingerprint density at radius 3 is 2.04 bits per heavy atom. The van der Waals surface area contributed by atoms with E-state index in [9.17, 15) is 24.3 Å². The molecule has 0 saturated carbocycles. The van der Waals surface area contributed by atoms with E-state index in [1.807, 2.05) is 5.32 Å². The average Bonchev–Trinajstić information content (AvgIpc) is 2.61.